The second kappa shape index (κ2) is 11.4. The third-order valence-electron chi connectivity index (χ3n) is 4.71. The van der Waals surface area contributed by atoms with Crippen molar-refractivity contribution >= 4 is 20.8 Å². The first-order valence-corrected chi connectivity index (χ1v) is 9.88. The van der Waals surface area contributed by atoms with Crippen molar-refractivity contribution in [3.63, 3.8) is 0 Å². The molecule has 3 N–H and O–H groups in total. The maximum atomic E-state index is 13.7. The van der Waals surface area contributed by atoms with Crippen molar-refractivity contribution in [1.82, 2.24) is 19.6 Å². The van der Waals surface area contributed by atoms with Gasteiger partial charge in [0.1, 0.15) is 31.0 Å². The second-order valence-electron chi connectivity index (χ2n) is 6.90. The third-order valence-corrected chi connectivity index (χ3v) is 4.97. The number of hydrogen-bond acceptors (Lipinski definition) is 7. The summed E-state index contributed by atoms with van der Waals surface area (Å²) in [5.74, 6) is -0.909. The molecule has 0 aliphatic heterocycles. The van der Waals surface area contributed by atoms with Crippen LogP contribution in [0.3, 0.4) is 0 Å². The van der Waals surface area contributed by atoms with Gasteiger partial charge in [0.25, 0.3) is 5.91 Å². The van der Waals surface area contributed by atoms with Gasteiger partial charge in [0.05, 0.1) is 17.5 Å². The fraction of sp³-hybridized carbons (Fsp3) is 0.562. The van der Waals surface area contributed by atoms with Crippen molar-refractivity contribution in [2.75, 3.05) is 5.32 Å². The molecule has 0 radical (unpaired) electrons. The van der Waals surface area contributed by atoms with Crippen molar-refractivity contribution in [3.8, 4) is 0 Å². The summed E-state index contributed by atoms with van der Waals surface area (Å²) in [5.41, 5.74) is 0.279. The number of nitrogens with one attached hydrogen (secondary N) is 1. The number of nitrogens with zero attached hydrogens (tertiary/aromatic N) is 4. The number of carbonyl (C=O) groups excluding carboxylic acids is 1. The van der Waals surface area contributed by atoms with Crippen molar-refractivity contribution in [1.29, 1.82) is 0 Å². The second-order valence-corrected chi connectivity index (χ2v) is 7.37. The van der Waals surface area contributed by atoms with E-state index >= 15 is 0 Å². The van der Waals surface area contributed by atoms with E-state index in [1.54, 1.807) is 0 Å². The van der Waals surface area contributed by atoms with Crippen LogP contribution in [0.25, 0.3) is 0 Å². The van der Waals surface area contributed by atoms with Gasteiger partial charge in [-0.3, -0.25) is 14.2 Å². The Hall–Kier alpha value is -1.07. The Morgan fingerprint density at radius 1 is 1.34 bits per heavy atom. The molecule has 4 atom stereocenters. The van der Waals surface area contributed by atoms with Gasteiger partial charge < -0.3 is 19.8 Å². The molecule has 1 aliphatic rings. The summed E-state index contributed by atoms with van der Waals surface area (Å²) in [6, 6.07) is 2.64. The molecule has 16 heteroatoms. The Bertz CT molecular complexity index is 917. The first kappa shape index (κ1) is 27.2. The minimum absolute atomic E-state index is 0. The first-order chi connectivity index (χ1) is 14.6. The van der Waals surface area contributed by atoms with E-state index < -0.39 is 40.2 Å². The first-order valence-electron chi connectivity index (χ1n) is 9.03. The zero-order chi connectivity index (χ0) is 22.8. The van der Waals surface area contributed by atoms with Gasteiger partial charge in [0.15, 0.2) is 9.03 Å². The molecule has 1 aliphatic carbocycles. The molecule has 1 fully saturated rings. The molecule has 3 rings (SSSR count). The number of anilines is 1. The van der Waals surface area contributed by atoms with E-state index in [4.69, 9.17) is 9.42 Å². The van der Waals surface area contributed by atoms with E-state index in [-0.39, 0.29) is 73.8 Å². The van der Waals surface area contributed by atoms with Crippen LogP contribution in [0.2, 0.25) is 0 Å². The molecule has 2 aromatic heterocycles. The number of alkyl halides is 4. The molecular weight excluding hydrogens is 687 g/mol. The molecule has 0 bridgehead atoms. The topological polar surface area (TPSA) is 124 Å². The molecule has 0 spiro atoms. The van der Waals surface area contributed by atoms with Gasteiger partial charge in [-0.25, -0.2) is 9.07 Å². The number of halogens is 4. The average Bonchev–Trinajstić information content (AvgIpc) is 3.35. The zero-order valence-electron chi connectivity index (χ0n) is 16.6. The summed E-state index contributed by atoms with van der Waals surface area (Å²) in [4.78, 5) is 21.5. The van der Waals surface area contributed by atoms with Crippen LogP contribution in [0.15, 0.2) is 12.1 Å². The molecule has 2 heterocycles. The van der Waals surface area contributed by atoms with Crippen LogP contribution in [0.1, 0.15) is 40.6 Å². The van der Waals surface area contributed by atoms with Gasteiger partial charge in [0, 0.05) is 50.1 Å². The summed E-state index contributed by atoms with van der Waals surface area (Å²) in [6.07, 6.45) is -7.08. The number of hydrogen-bond donors (Lipinski definition) is 3. The van der Waals surface area contributed by atoms with E-state index in [0.29, 0.717) is 5.69 Å². The molecular formula is C16H20F4N5O5PU. The van der Waals surface area contributed by atoms with Crippen molar-refractivity contribution < 1.29 is 72.7 Å². The summed E-state index contributed by atoms with van der Waals surface area (Å²) < 4.78 is 61.3. The van der Waals surface area contributed by atoms with Gasteiger partial charge in [-0.15, -0.1) is 13.2 Å². The Labute approximate surface area is 205 Å². The summed E-state index contributed by atoms with van der Waals surface area (Å²) in [5, 5.41) is 20.3. The smallest absolute Gasteiger partial charge is 0.390 e. The summed E-state index contributed by atoms with van der Waals surface area (Å²) in [7, 11) is 0.541. The summed E-state index contributed by atoms with van der Waals surface area (Å²) in [6.45, 7) is -1.07. The number of carbonyl (C=O) groups is 1. The minimum Gasteiger partial charge on any atom is -0.390 e. The monoisotopic (exact) mass is 707 g/mol. The van der Waals surface area contributed by atoms with E-state index in [2.05, 4.69) is 20.3 Å². The molecule has 0 saturated heterocycles. The number of aliphatic hydroxyl groups excluding tert-OH is 1. The Kier molecular flexibility index (Phi) is 9.66. The van der Waals surface area contributed by atoms with Gasteiger partial charge in [-0.1, -0.05) is 0 Å². The molecule has 176 valence electrons. The molecule has 1 amide bonds. The van der Waals surface area contributed by atoms with E-state index in [1.165, 1.54) is 17.8 Å². The van der Waals surface area contributed by atoms with Gasteiger partial charge >= 0.3 is 6.36 Å². The van der Waals surface area contributed by atoms with Crippen molar-refractivity contribution in [2.24, 2.45) is 7.05 Å². The summed E-state index contributed by atoms with van der Waals surface area (Å²) >= 11 is 0. The van der Waals surface area contributed by atoms with Crippen LogP contribution in [0, 0.1) is 31.1 Å². The van der Waals surface area contributed by atoms with E-state index in [1.807, 2.05) is 0 Å². The van der Waals surface area contributed by atoms with Crippen molar-refractivity contribution in [3.05, 3.63) is 29.2 Å². The largest absolute Gasteiger partial charge is 0.522 e. The molecule has 4 unspecified atom stereocenters. The Morgan fingerprint density at radius 2 is 2.06 bits per heavy atom. The standard InChI is InChI=1S/C16H20F4N5O5P.U/c1-24-12(4-9(22-24)6-29-16(18,19)20)15(27)21-14-5-11(23-25(14)7-30-31-28)8-2-10(17)13(26)3-8;/h4-5,8,10,13,26,28,31H,2-3,6-7H2,1H3,(H,21,27);. The minimum atomic E-state index is -4.83. The molecule has 32 heavy (non-hydrogen) atoms. The van der Waals surface area contributed by atoms with E-state index in [0.717, 1.165) is 10.7 Å². The number of amides is 1. The van der Waals surface area contributed by atoms with E-state index in [9.17, 15) is 27.5 Å². The predicted molar refractivity (Wildman–Crippen MR) is 98.7 cm³/mol. The Morgan fingerprint density at radius 3 is 2.66 bits per heavy atom. The molecule has 2 aromatic rings. The molecule has 0 aromatic carbocycles. The van der Waals surface area contributed by atoms with Crippen LogP contribution >= 0.6 is 9.03 Å². The maximum Gasteiger partial charge on any atom is 0.522 e. The average molecular weight is 707 g/mol. The fourth-order valence-corrected chi connectivity index (χ4v) is 3.46. The van der Waals surface area contributed by atoms with Crippen molar-refractivity contribution in [2.45, 2.75) is 50.7 Å². The van der Waals surface area contributed by atoms with Crippen LogP contribution in [-0.4, -0.2) is 54.1 Å². The number of rotatable bonds is 8. The van der Waals surface area contributed by atoms with Gasteiger partial charge in [-0.05, 0) is 18.9 Å². The SMILES string of the molecule is Cn1nc(COC(F)(F)F)cc1C(=O)Nc1cc(C2CC(O)C(F)C2)nn1COPO.[U]. The normalized spacial score (nSPS) is 21.3. The molecule has 10 nitrogen and oxygen atoms in total. The van der Waals surface area contributed by atoms with Crippen LogP contribution < -0.4 is 5.32 Å². The predicted octanol–water partition coefficient (Wildman–Crippen LogP) is 1.96. The van der Waals surface area contributed by atoms with Crippen LogP contribution in [-0.2, 0) is 29.6 Å². The number of aryl methyl sites for hydroxylation is 1. The maximum absolute atomic E-state index is 13.7. The third kappa shape index (κ3) is 6.96. The van der Waals surface area contributed by atoms with Gasteiger partial charge in [0.2, 0.25) is 0 Å². The van der Waals surface area contributed by atoms with Crippen LogP contribution in [0.5, 0.6) is 0 Å². The zero-order valence-corrected chi connectivity index (χ0v) is 21.8. The van der Waals surface area contributed by atoms with Crippen LogP contribution in [0.4, 0.5) is 23.4 Å². The Balaban J connectivity index is 0.00000363. The quantitative estimate of drug-likeness (QED) is 0.284. The molecule has 1 saturated carbocycles. The number of ether oxygens (including phenoxy) is 1. The van der Waals surface area contributed by atoms with Gasteiger partial charge in [-0.2, -0.15) is 10.2 Å². The fourth-order valence-electron chi connectivity index (χ4n) is 3.28. The number of aromatic nitrogens is 4. The number of aliphatic hydroxyl groups is 1.